The highest BCUT2D eigenvalue weighted by Crippen LogP contribution is 2.32. The van der Waals surface area contributed by atoms with Gasteiger partial charge in [0, 0.05) is 10.6 Å². The fourth-order valence-corrected chi connectivity index (χ4v) is 2.16. The lowest BCUT2D eigenvalue weighted by atomic mass is 10.0. The molecule has 0 aliphatic rings. The van der Waals surface area contributed by atoms with E-state index in [2.05, 4.69) is 4.74 Å². The zero-order valence-corrected chi connectivity index (χ0v) is 12.1. The summed E-state index contributed by atoms with van der Waals surface area (Å²) in [5.41, 5.74) is 0.679. The molecule has 0 saturated carbocycles. The predicted molar refractivity (Wildman–Crippen MR) is 76.2 cm³/mol. The molecule has 23 heavy (non-hydrogen) atoms. The van der Waals surface area contributed by atoms with Crippen LogP contribution in [0.1, 0.15) is 11.7 Å². The lowest BCUT2D eigenvalue weighted by Gasteiger charge is -2.12. The van der Waals surface area contributed by atoms with Gasteiger partial charge in [-0.1, -0.05) is 29.8 Å². The first kappa shape index (κ1) is 17.1. The first-order valence-corrected chi connectivity index (χ1v) is 6.61. The summed E-state index contributed by atoms with van der Waals surface area (Å²) in [6, 6.07) is 9.31. The molecule has 0 saturated heterocycles. The van der Waals surface area contributed by atoms with Gasteiger partial charge in [0.2, 0.25) is 0 Å². The molecule has 1 atom stereocenters. The number of benzene rings is 2. The molecular formula is C15H10ClF3O4. The van der Waals surface area contributed by atoms with E-state index >= 15 is 0 Å². The van der Waals surface area contributed by atoms with Crippen molar-refractivity contribution in [2.75, 3.05) is 0 Å². The second-order valence-electron chi connectivity index (χ2n) is 4.55. The molecule has 4 nitrogen and oxygen atoms in total. The summed E-state index contributed by atoms with van der Waals surface area (Å²) in [4.78, 5) is 10.9. The first-order valence-electron chi connectivity index (χ1n) is 6.24. The van der Waals surface area contributed by atoms with E-state index < -0.39 is 24.2 Å². The number of aliphatic carboxylic acids is 1. The average molecular weight is 347 g/mol. The highest BCUT2D eigenvalue weighted by molar-refractivity contribution is 6.31. The van der Waals surface area contributed by atoms with E-state index in [4.69, 9.17) is 16.7 Å². The molecular weight excluding hydrogens is 337 g/mol. The summed E-state index contributed by atoms with van der Waals surface area (Å²) in [5.74, 6) is -1.90. The summed E-state index contributed by atoms with van der Waals surface area (Å²) >= 11 is 5.84. The van der Waals surface area contributed by atoms with E-state index in [1.54, 1.807) is 0 Å². The molecule has 2 aromatic rings. The Morgan fingerprint density at radius 1 is 1.13 bits per heavy atom. The Labute approximate surface area is 133 Å². The fraction of sp³-hybridized carbons (Fsp3) is 0.133. The number of hydrogen-bond donors (Lipinski definition) is 2. The van der Waals surface area contributed by atoms with Gasteiger partial charge in [0.15, 0.2) is 6.10 Å². The second kappa shape index (κ2) is 6.47. The van der Waals surface area contributed by atoms with E-state index in [0.29, 0.717) is 11.1 Å². The van der Waals surface area contributed by atoms with E-state index in [9.17, 15) is 23.1 Å². The van der Waals surface area contributed by atoms with Crippen molar-refractivity contribution in [3.8, 4) is 16.9 Å². The lowest BCUT2D eigenvalue weighted by Crippen LogP contribution is -2.17. The van der Waals surface area contributed by atoms with Gasteiger partial charge < -0.3 is 14.9 Å². The van der Waals surface area contributed by atoms with Crippen LogP contribution in [0.5, 0.6) is 5.75 Å². The van der Waals surface area contributed by atoms with Crippen LogP contribution in [0.15, 0.2) is 42.5 Å². The van der Waals surface area contributed by atoms with Crippen molar-refractivity contribution in [3.05, 3.63) is 53.1 Å². The fourth-order valence-electron chi connectivity index (χ4n) is 1.94. The summed E-state index contributed by atoms with van der Waals surface area (Å²) < 4.78 is 40.6. The zero-order chi connectivity index (χ0) is 17.2. The number of hydrogen-bond acceptors (Lipinski definition) is 3. The maximum absolute atomic E-state index is 12.2. The zero-order valence-electron chi connectivity index (χ0n) is 11.3. The van der Waals surface area contributed by atoms with Crippen LogP contribution in [-0.4, -0.2) is 22.5 Å². The number of aliphatic hydroxyl groups excluding tert-OH is 1. The topological polar surface area (TPSA) is 66.8 Å². The van der Waals surface area contributed by atoms with E-state index in [0.717, 1.165) is 12.1 Å². The predicted octanol–water partition coefficient (Wildman–Crippen LogP) is 4.02. The van der Waals surface area contributed by atoms with Crippen LogP contribution in [0, 0.1) is 0 Å². The molecule has 8 heteroatoms. The molecule has 1 unspecified atom stereocenters. The van der Waals surface area contributed by atoms with Gasteiger partial charge in [-0.25, -0.2) is 4.79 Å². The Morgan fingerprint density at radius 2 is 1.78 bits per heavy atom. The van der Waals surface area contributed by atoms with Crippen molar-refractivity contribution in [2.45, 2.75) is 12.5 Å². The Bertz CT molecular complexity index is 731. The Kier molecular flexibility index (Phi) is 4.82. The molecule has 122 valence electrons. The van der Waals surface area contributed by atoms with Crippen LogP contribution >= 0.6 is 11.6 Å². The third kappa shape index (κ3) is 4.37. The minimum Gasteiger partial charge on any atom is -0.479 e. The maximum Gasteiger partial charge on any atom is 0.573 e. The number of ether oxygens (including phenoxy) is 1. The smallest absolute Gasteiger partial charge is 0.479 e. The number of alkyl halides is 3. The minimum atomic E-state index is -4.82. The number of halogens is 4. The molecule has 0 fully saturated rings. The number of carbonyl (C=O) groups is 1. The van der Waals surface area contributed by atoms with Crippen molar-refractivity contribution >= 4 is 17.6 Å². The molecule has 0 aromatic heterocycles. The highest BCUT2D eigenvalue weighted by atomic mass is 35.5. The lowest BCUT2D eigenvalue weighted by molar-refractivity contribution is -0.274. The SMILES string of the molecule is O=C(O)C(O)c1cc(-c2cccc(OC(F)(F)F)c2)ccc1Cl. The molecule has 0 aliphatic carbocycles. The van der Waals surface area contributed by atoms with Crippen LogP contribution in [0.3, 0.4) is 0 Å². The van der Waals surface area contributed by atoms with Gasteiger partial charge in [0.05, 0.1) is 0 Å². The number of aliphatic hydroxyl groups is 1. The summed E-state index contributed by atoms with van der Waals surface area (Å²) in [7, 11) is 0. The van der Waals surface area contributed by atoms with E-state index in [1.807, 2.05) is 0 Å². The maximum atomic E-state index is 12.2. The van der Waals surface area contributed by atoms with Gasteiger partial charge in [-0.2, -0.15) is 0 Å². The molecule has 2 aromatic carbocycles. The van der Waals surface area contributed by atoms with Crippen LogP contribution in [0.25, 0.3) is 11.1 Å². The van der Waals surface area contributed by atoms with Gasteiger partial charge in [-0.3, -0.25) is 0 Å². The van der Waals surface area contributed by atoms with Gasteiger partial charge in [0.1, 0.15) is 5.75 Å². The highest BCUT2D eigenvalue weighted by Gasteiger charge is 2.31. The van der Waals surface area contributed by atoms with Crippen LogP contribution in [-0.2, 0) is 4.79 Å². The van der Waals surface area contributed by atoms with E-state index in [-0.39, 0.29) is 10.6 Å². The molecule has 0 amide bonds. The monoisotopic (exact) mass is 346 g/mol. The summed E-state index contributed by atoms with van der Waals surface area (Å²) in [5, 5.41) is 18.5. The largest absolute Gasteiger partial charge is 0.573 e. The minimum absolute atomic E-state index is 0.0337. The number of rotatable bonds is 4. The van der Waals surface area contributed by atoms with Crippen LogP contribution in [0.4, 0.5) is 13.2 Å². The molecule has 2 N–H and O–H groups in total. The molecule has 0 heterocycles. The van der Waals surface area contributed by atoms with Crippen molar-refractivity contribution in [1.82, 2.24) is 0 Å². The average Bonchev–Trinajstić information content (AvgIpc) is 2.45. The van der Waals surface area contributed by atoms with Crippen LogP contribution in [0.2, 0.25) is 5.02 Å². The summed E-state index contributed by atoms with van der Waals surface area (Å²) in [6.07, 6.45) is -6.65. The molecule has 0 bridgehead atoms. The van der Waals surface area contributed by atoms with Crippen molar-refractivity contribution in [1.29, 1.82) is 0 Å². The normalized spacial score (nSPS) is 12.7. The van der Waals surface area contributed by atoms with Gasteiger partial charge >= 0.3 is 12.3 Å². The number of carboxylic acids is 1. The second-order valence-corrected chi connectivity index (χ2v) is 4.96. The van der Waals surface area contributed by atoms with E-state index in [1.165, 1.54) is 30.3 Å². The van der Waals surface area contributed by atoms with Crippen molar-refractivity contribution in [3.63, 3.8) is 0 Å². The van der Waals surface area contributed by atoms with Gasteiger partial charge in [-0.15, -0.1) is 13.2 Å². The van der Waals surface area contributed by atoms with Crippen molar-refractivity contribution < 1.29 is 32.9 Å². The van der Waals surface area contributed by atoms with Gasteiger partial charge in [0.25, 0.3) is 0 Å². The van der Waals surface area contributed by atoms with Crippen molar-refractivity contribution in [2.24, 2.45) is 0 Å². The summed E-state index contributed by atoms with van der Waals surface area (Å²) in [6.45, 7) is 0. The molecule has 0 spiro atoms. The Balaban J connectivity index is 2.41. The van der Waals surface area contributed by atoms with Gasteiger partial charge in [-0.05, 0) is 35.4 Å². The third-order valence-electron chi connectivity index (χ3n) is 2.93. The Morgan fingerprint density at radius 3 is 2.39 bits per heavy atom. The van der Waals surface area contributed by atoms with Crippen LogP contribution < -0.4 is 4.74 Å². The molecule has 0 aliphatic heterocycles. The quantitative estimate of drug-likeness (QED) is 0.877. The standard InChI is InChI=1S/C15H10ClF3O4/c16-12-5-4-9(7-11(12)13(20)14(21)22)8-2-1-3-10(6-8)23-15(17,18)19/h1-7,13,20H,(H,21,22). The third-order valence-corrected chi connectivity index (χ3v) is 3.27. The first-order chi connectivity index (χ1) is 10.7. The number of carboxylic acid groups (broad SMARTS) is 1. The molecule has 0 radical (unpaired) electrons. The molecule has 2 rings (SSSR count). The Hall–Kier alpha value is -2.25.